The second-order valence-corrected chi connectivity index (χ2v) is 7.24. The summed E-state index contributed by atoms with van der Waals surface area (Å²) in [6, 6.07) is 5.37. The summed E-state index contributed by atoms with van der Waals surface area (Å²) in [6.07, 6.45) is -1.08. The lowest BCUT2D eigenvalue weighted by molar-refractivity contribution is 0.122. The number of alkyl halides is 2. The zero-order chi connectivity index (χ0) is 21.3. The summed E-state index contributed by atoms with van der Waals surface area (Å²) in [7, 11) is 0. The van der Waals surface area contributed by atoms with Gasteiger partial charge in [0.15, 0.2) is 5.82 Å². The zero-order valence-corrected chi connectivity index (χ0v) is 16.7. The van der Waals surface area contributed by atoms with E-state index in [2.05, 4.69) is 25.4 Å². The van der Waals surface area contributed by atoms with Crippen LogP contribution in [0.1, 0.15) is 36.2 Å². The molecule has 0 saturated carbocycles. The predicted molar refractivity (Wildman–Crippen MR) is 108 cm³/mol. The molecule has 2 aromatic heterocycles. The lowest BCUT2D eigenvalue weighted by atomic mass is 10.0. The lowest BCUT2D eigenvalue weighted by Gasteiger charge is -2.28. The van der Waals surface area contributed by atoms with Crippen LogP contribution in [0.3, 0.4) is 0 Å². The fraction of sp³-hybridized carbons (Fsp3) is 0.381. The SMILES string of the molecule is Cc1nnc(N[C@H](C)c2cccc(C(F)F)c2F)c2cc(N3CCOCC3)cnc12. The molecule has 1 aliphatic rings. The summed E-state index contributed by atoms with van der Waals surface area (Å²) in [4.78, 5) is 6.72. The molecule has 3 heterocycles. The molecule has 1 aromatic carbocycles. The third-order valence-electron chi connectivity index (χ3n) is 5.26. The van der Waals surface area contributed by atoms with Gasteiger partial charge in [-0.15, -0.1) is 5.10 Å². The van der Waals surface area contributed by atoms with Gasteiger partial charge < -0.3 is 15.0 Å². The van der Waals surface area contributed by atoms with Gasteiger partial charge in [0.05, 0.1) is 47.9 Å². The molecule has 0 aliphatic carbocycles. The molecule has 0 radical (unpaired) electrons. The van der Waals surface area contributed by atoms with Gasteiger partial charge >= 0.3 is 0 Å². The molecule has 6 nitrogen and oxygen atoms in total. The van der Waals surface area contributed by atoms with Gasteiger partial charge in [0, 0.05) is 24.0 Å². The van der Waals surface area contributed by atoms with Gasteiger partial charge in [-0.1, -0.05) is 18.2 Å². The lowest BCUT2D eigenvalue weighted by Crippen LogP contribution is -2.36. The van der Waals surface area contributed by atoms with Gasteiger partial charge in [-0.3, -0.25) is 4.98 Å². The first-order valence-corrected chi connectivity index (χ1v) is 9.74. The molecule has 1 N–H and O–H groups in total. The molecule has 1 saturated heterocycles. The number of hydrogen-bond acceptors (Lipinski definition) is 6. The van der Waals surface area contributed by atoms with Crippen molar-refractivity contribution >= 4 is 22.4 Å². The number of ether oxygens (including phenoxy) is 1. The van der Waals surface area contributed by atoms with Crippen LogP contribution in [0, 0.1) is 12.7 Å². The third kappa shape index (κ3) is 3.89. The smallest absolute Gasteiger partial charge is 0.266 e. The molecule has 158 valence electrons. The Morgan fingerprint density at radius 2 is 1.87 bits per heavy atom. The molecule has 1 fully saturated rings. The van der Waals surface area contributed by atoms with E-state index < -0.39 is 23.8 Å². The van der Waals surface area contributed by atoms with Crippen LogP contribution in [0.5, 0.6) is 0 Å². The van der Waals surface area contributed by atoms with Crippen LogP contribution in [-0.4, -0.2) is 41.5 Å². The van der Waals surface area contributed by atoms with E-state index in [0.29, 0.717) is 30.2 Å². The maximum Gasteiger partial charge on any atom is 0.266 e. The number of nitrogens with zero attached hydrogens (tertiary/aromatic N) is 4. The summed E-state index contributed by atoms with van der Waals surface area (Å²) >= 11 is 0. The van der Waals surface area contributed by atoms with E-state index in [1.165, 1.54) is 12.1 Å². The Bertz CT molecular complexity index is 1060. The van der Waals surface area contributed by atoms with E-state index in [-0.39, 0.29) is 5.56 Å². The fourth-order valence-corrected chi connectivity index (χ4v) is 3.60. The van der Waals surface area contributed by atoms with Gasteiger partial charge in [-0.05, 0) is 19.9 Å². The number of rotatable bonds is 5. The Balaban J connectivity index is 1.70. The van der Waals surface area contributed by atoms with Crippen molar-refractivity contribution in [3.05, 3.63) is 53.1 Å². The topological polar surface area (TPSA) is 63.2 Å². The number of morpholine rings is 1. The van der Waals surface area contributed by atoms with Crippen LogP contribution < -0.4 is 10.2 Å². The second-order valence-electron chi connectivity index (χ2n) is 7.24. The van der Waals surface area contributed by atoms with Crippen LogP contribution in [0.15, 0.2) is 30.5 Å². The monoisotopic (exact) mass is 417 g/mol. The normalized spacial score (nSPS) is 15.6. The van der Waals surface area contributed by atoms with Crippen LogP contribution in [0.4, 0.5) is 24.7 Å². The Kier molecular flexibility index (Phi) is 5.72. The molecular formula is C21H22F3N5O. The largest absolute Gasteiger partial charge is 0.378 e. The second kappa shape index (κ2) is 8.43. The molecule has 0 bridgehead atoms. The number of anilines is 2. The van der Waals surface area contributed by atoms with E-state index in [1.807, 2.05) is 13.0 Å². The highest BCUT2D eigenvalue weighted by molar-refractivity contribution is 5.92. The summed E-state index contributed by atoms with van der Waals surface area (Å²) in [5, 5.41) is 12.2. The molecule has 0 spiro atoms. The van der Waals surface area contributed by atoms with Crippen LogP contribution in [-0.2, 0) is 4.74 Å². The maximum atomic E-state index is 14.6. The molecule has 3 aromatic rings. The van der Waals surface area contributed by atoms with Crippen molar-refractivity contribution in [1.82, 2.24) is 15.2 Å². The van der Waals surface area contributed by atoms with Gasteiger partial charge in [0.2, 0.25) is 0 Å². The maximum absolute atomic E-state index is 14.6. The summed E-state index contributed by atoms with van der Waals surface area (Å²) in [5.41, 5.74) is 1.80. The van der Waals surface area contributed by atoms with E-state index >= 15 is 0 Å². The first kappa shape index (κ1) is 20.3. The average Bonchev–Trinajstić information content (AvgIpc) is 2.76. The van der Waals surface area contributed by atoms with Crippen LogP contribution >= 0.6 is 0 Å². The summed E-state index contributed by atoms with van der Waals surface area (Å²) in [5.74, 6) is -0.489. The Hall–Kier alpha value is -2.94. The summed E-state index contributed by atoms with van der Waals surface area (Å²) < 4.78 is 46.1. The molecule has 30 heavy (non-hydrogen) atoms. The van der Waals surface area contributed by atoms with Crippen molar-refractivity contribution in [2.75, 3.05) is 36.5 Å². The fourth-order valence-electron chi connectivity index (χ4n) is 3.60. The van der Waals surface area contributed by atoms with Crippen molar-refractivity contribution in [2.24, 2.45) is 0 Å². The average molecular weight is 417 g/mol. The number of halogens is 3. The Morgan fingerprint density at radius 3 is 2.60 bits per heavy atom. The van der Waals surface area contributed by atoms with Crippen molar-refractivity contribution in [3.63, 3.8) is 0 Å². The van der Waals surface area contributed by atoms with Crippen LogP contribution in [0.25, 0.3) is 10.9 Å². The third-order valence-corrected chi connectivity index (χ3v) is 5.26. The number of benzene rings is 1. The van der Waals surface area contributed by atoms with Crippen molar-refractivity contribution in [3.8, 4) is 0 Å². The highest BCUT2D eigenvalue weighted by Gasteiger charge is 2.21. The molecule has 4 rings (SSSR count). The number of aromatic nitrogens is 3. The highest BCUT2D eigenvalue weighted by atomic mass is 19.3. The Morgan fingerprint density at radius 1 is 1.13 bits per heavy atom. The quantitative estimate of drug-likeness (QED) is 0.663. The predicted octanol–water partition coefficient (Wildman–Crippen LogP) is 4.42. The summed E-state index contributed by atoms with van der Waals surface area (Å²) in [6.45, 7) is 6.32. The molecule has 0 amide bonds. The van der Waals surface area contributed by atoms with E-state index in [0.717, 1.165) is 30.2 Å². The van der Waals surface area contributed by atoms with Crippen molar-refractivity contribution < 1.29 is 17.9 Å². The number of pyridine rings is 1. The van der Waals surface area contributed by atoms with E-state index in [9.17, 15) is 13.2 Å². The van der Waals surface area contributed by atoms with Gasteiger partial charge in [-0.2, -0.15) is 5.10 Å². The Labute approximate surface area is 172 Å². The minimum absolute atomic E-state index is 0.139. The van der Waals surface area contributed by atoms with Gasteiger partial charge in [0.25, 0.3) is 6.43 Å². The van der Waals surface area contributed by atoms with Gasteiger partial charge in [0.1, 0.15) is 5.82 Å². The standard InChI is InChI=1S/C21H22F3N5O/c1-12(15-4-3-5-16(18(15)22)20(23)24)26-21-17-10-14(29-6-8-30-9-7-29)11-25-19(17)13(2)27-28-21/h3-5,10-12,20H,6-9H2,1-2H3,(H,26,28)/t12-/m1/s1. The van der Waals surface area contributed by atoms with Crippen molar-refractivity contribution in [1.29, 1.82) is 0 Å². The first-order chi connectivity index (χ1) is 14.5. The number of aryl methyl sites for hydroxylation is 1. The molecular weight excluding hydrogens is 395 g/mol. The van der Waals surface area contributed by atoms with E-state index in [1.54, 1.807) is 13.1 Å². The zero-order valence-electron chi connectivity index (χ0n) is 16.7. The van der Waals surface area contributed by atoms with Crippen LogP contribution in [0.2, 0.25) is 0 Å². The highest BCUT2D eigenvalue weighted by Crippen LogP contribution is 2.31. The van der Waals surface area contributed by atoms with Gasteiger partial charge in [-0.25, -0.2) is 13.2 Å². The minimum atomic E-state index is -2.88. The molecule has 0 unspecified atom stereocenters. The molecule has 9 heteroatoms. The number of fused-ring (bicyclic) bond motifs is 1. The molecule has 1 aliphatic heterocycles. The van der Waals surface area contributed by atoms with Crippen molar-refractivity contribution in [2.45, 2.75) is 26.3 Å². The minimum Gasteiger partial charge on any atom is -0.378 e. The number of hydrogen-bond donors (Lipinski definition) is 1. The number of nitrogens with one attached hydrogen (secondary N) is 1. The molecule has 1 atom stereocenters. The first-order valence-electron chi connectivity index (χ1n) is 9.74. The van der Waals surface area contributed by atoms with E-state index in [4.69, 9.17) is 4.74 Å².